The average molecular weight is 411 g/mol. The third-order valence-electron chi connectivity index (χ3n) is 5.57. The van der Waals surface area contributed by atoms with Crippen LogP contribution in [0.5, 0.6) is 5.75 Å². The number of amides is 1. The summed E-state index contributed by atoms with van der Waals surface area (Å²) in [6, 6.07) is 14.6. The van der Waals surface area contributed by atoms with E-state index in [-0.39, 0.29) is 12.5 Å². The summed E-state index contributed by atoms with van der Waals surface area (Å²) >= 11 is 0. The Morgan fingerprint density at radius 1 is 1.10 bits per heavy atom. The molecule has 1 aliphatic rings. The lowest BCUT2D eigenvalue weighted by atomic mass is 10.0. The molecule has 0 saturated heterocycles. The van der Waals surface area contributed by atoms with Crippen LogP contribution in [0.25, 0.3) is 0 Å². The Bertz CT molecular complexity index is 822. The third kappa shape index (κ3) is 6.85. The number of aliphatic hydroxyl groups is 1. The Morgan fingerprint density at radius 3 is 2.80 bits per heavy atom. The van der Waals surface area contributed by atoms with E-state index in [4.69, 9.17) is 4.74 Å². The number of nitrogens with one attached hydrogen (secondary N) is 1. The molecule has 2 aromatic carbocycles. The summed E-state index contributed by atoms with van der Waals surface area (Å²) in [7, 11) is 0. The quantitative estimate of drug-likeness (QED) is 0.791. The van der Waals surface area contributed by atoms with Gasteiger partial charge in [-0.2, -0.15) is 0 Å². The third-order valence-corrected chi connectivity index (χ3v) is 5.57. The average Bonchev–Trinajstić information content (AvgIpc) is 2.75. The van der Waals surface area contributed by atoms with E-state index in [0.717, 1.165) is 50.0 Å². The van der Waals surface area contributed by atoms with Crippen LogP contribution >= 0.6 is 0 Å². The lowest BCUT2D eigenvalue weighted by Gasteiger charge is -2.24. The zero-order valence-electron chi connectivity index (χ0n) is 18.0. The first kappa shape index (κ1) is 22.3. The van der Waals surface area contributed by atoms with Crippen molar-refractivity contribution in [3.63, 3.8) is 0 Å². The zero-order valence-corrected chi connectivity index (χ0v) is 18.0. The lowest BCUT2D eigenvalue weighted by Crippen LogP contribution is -2.37. The highest BCUT2D eigenvalue weighted by atomic mass is 16.5. The predicted molar refractivity (Wildman–Crippen MR) is 119 cm³/mol. The van der Waals surface area contributed by atoms with Gasteiger partial charge in [0.1, 0.15) is 5.75 Å². The first-order chi connectivity index (χ1) is 14.7. The Labute approximate surface area is 180 Å². The largest absolute Gasteiger partial charge is 0.493 e. The van der Waals surface area contributed by atoms with Crippen molar-refractivity contribution in [2.75, 3.05) is 26.3 Å². The molecule has 0 unspecified atom stereocenters. The molecule has 0 atom stereocenters. The van der Waals surface area contributed by atoms with Gasteiger partial charge in [0.25, 0.3) is 0 Å². The molecule has 2 N–H and O–H groups in total. The molecular weight excluding hydrogens is 376 g/mol. The van der Waals surface area contributed by atoms with Crippen LogP contribution in [0.4, 0.5) is 0 Å². The number of carbonyl (C=O) groups excluding carboxylic acids is 1. The molecule has 5 nitrogen and oxygen atoms in total. The van der Waals surface area contributed by atoms with E-state index in [1.54, 1.807) is 0 Å². The maximum absolute atomic E-state index is 12.6. The van der Waals surface area contributed by atoms with Crippen LogP contribution in [0.1, 0.15) is 47.9 Å². The molecule has 5 heteroatoms. The number of benzene rings is 2. The van der Waals surface area contributed by atoms with Crippen molar-refractivity contribution in [1.82, 2.24) is 10.2 Å². The van der Waals surface area contributed by atoms with Gasteiger partial charge < -0.3 is 15.2 Å². The van der Waals surface area contributed by atoms with Crippen LogP contribution in [0, 0.1) is 6.92 Å². The smallest absolute Gasteiger partial charge is 0.234 e. The van der Waals surface area contributed by atoms with Gasteiger partial charge in [0.05, 0.1) is 13.2 Å². The van der Waals surface area contributed by atoms with E-state index in [0.29, 0.717) is 26.2 Å². The first-order valence-corrected chi connectivity index (χ1v) is 11.0. The molecular formula is C25H34N2O3. The second-order valence-corrected chi connectivity index (χ2v) is 8.10. The standard InChI is InChI=1S/C25H34N2O3/c1-20-8-3-4-10-22(20)17-27-18-23-16-21(9-7-14-28)11-12-24(23)30-15-6-2-5-13-26-25(29)19-27/h3-4,8,10-12,16,28H,2,5-7,9,13-15,17-19H2,1H3,(H,26,29). The second kappa shape index (κ2) is 11.7. The van der Waals surface area contributed by atoms with Crippen molar-refractivity contribution < 1.29 is 14.6 Å². The Balaban J connectivity index is 1.87. The van der Waals surface area contributed by atoms with Gasteiger partial charge in [-0.3, -0.25) is 9.69 Å². The number of hydrogen-bond donors (Lipinski definition) is 2. The van der Waals surface area contributed by atoms with E-state index in [9.17, 15) is 9.90 Å². The number of hydrogen-bond acceptors (Lipinski definition) is 4. The van der Waals surface area contributed by atoms with Crippen LogP contribution in [0.3, 0.4) is 0 Å². The van der Waals surface area contributed by atoms with Gasteiger partial charge in [0.15, 0.2) is 0 Å². The van der Waals surface area contributed by atoms with Crippen LogP contribution in [0.2, 0.25) is 0 Å². The molecule has 0 aromatic heterocycles. The van der Waals surface area contributed by atoms with Gasteiger partial charge in [-0.1, -0.05) is 36.4 Å². The zero-order chi connectivity index (χ0) is 21.2. The Morgan fingerprint density at radius 2 is 1.97 bits per heavy atom. The molecule has 0 saturated carbocycles. The van der Waals surface area contributed by atoms with Crippen LogP contribution < -0.4 is 10.1 Å². The predicted octanol–water partition coefficient (Wildman–Crippen LogP) is 3.60. The van der Waals surface area contributed by atoms with Crippen molar-refractivity contribution >= 4 is 5.91 Å². The van der Waals surface area contributed by atoms with Gasteiger partial charge >= 0.3 is 0 Å². The Kier molecular flexibility index (Phi) is 8.72. The van der Waals surface area contributed by atoms with Gasteiger partial charge in [0.2, 0.25) is 5.91 Å². The van der Waals surface area contributed by atoms with Gasteiger partial charge in [-0.15, -0.1) is 0 Å². The number of rotatable bonds is 5. The molecule has 0 bridgehead atoms. The molecule has 0 spiro atoms. The van der Waals surface area contributed by atoms with Gasteiger partial charge in [-0.05, 0) is 61.8 Å². The number of ether oxygens (including phenoxy) is 1. The Hall–Kier alpha value is -2.37. The molecule has 1 amide bonds. The minimum absolute atomic E-state index is 0.0711. The molecule has 30 heavy (non-hydrogen) atoms. The maximum atomic E-state index is 12.6. The number of carbonyl (C=O) groups is 1. The fraction of sp³-hybridized carbons (Fsp3) is 0.480. The van der Waals surface area contributed by atoms with Crippen molar-refractivity contribution in [3.05, 3.63) is 64.7 Å². The van der Waals surface area contributed by atoms with Crippen LogP contribution in [0.15, 0.2) is 42.5 Å². The summed E-state index contributed by atoms with van der Waals surface area (Å²) in [6.07, 6.45) is 4.57. The fourth-order valence-corrected chi connectivity index (χ4v) is 3.85. The summed E-state index contributed by atoms with van der Waals surface area (Å²) in [6.45, 7) is 5.41. The molecule has 0 radical (unpaired) electrons. The topological polar surface area (TPSA) is 61.8 Å². The molecule has 1 heterocycles. The van der Waals surface area contributed by atoms with Gasteiger partial charge in [0, 0.05) is 31.8 Å². The van der Waals surface area contributed by atoms with E-state index >= 15 is 0 Å². The highest BCUT2D eigenvalue weighted by Crippen LogP contribution is 2.24. The maximum Gasteiger partial charge on any atom is 0.234 e. The second-order valence-electron chi connectivity index (χ2n) is 8.10. The summed E-state index contributed by atoms with van der Waals surface area (Å²) < 4.78 is 6.13. The van der Waals surface area contributed by atoms with E-state index in [1.165, 1.54) is 16.7 Å². The van der Waals surface area contributed by atoms with Crippen molar-refractivity contribution in [2.45, 2.75) is 52.1 Å². The molecule has 1 aliphatic heterocycles. The van der Waals surface area contributed by atoms with Gasteiger partial charge in [-0.25, -0.2) is 0 Å². The highest BCUT2D eigenvalue weighted by molar-refractivity contribution is 5.78. The summed E-state index contributed by atoms with van der Waals surface area (Å²) in [5, 5.41) is 12.3. The molecule has 2 aromatic rings. The fourth-order valence-electron chi connectivity index (χ4n) is 3.85. The molecule has 162 valence electrons. The monoisotopic (exact) mass is 410 g/mol. The summed E-state index contributed by atoms with van der Waals surface area (Å²) in [5.74, 6) is 0.971. The number of aryl methyl sites for hydroxylation is 2. The summed E-state index contributed by atoms with van der Waals surface area (Å²) in [5.41, 5.74) is 4.75. The van der Waals surface area contributed by atoms with Crippen molar-refractivity contribution in [3.8, 4) is 5.75 Å². The lowest BCUT2D eigenvalue weighted by molar-refractivity contribution is -0.122. The summed E-state index contributed by atoms with van der Waals surface area (Å²) in [4.78, 5) is 14.8. The highest BCUT2D eigenvalue weighted by Gasteiger charge is 2.16. The molecule has 3 rings (SSSR count). The van der Waals surface area contributed by atoms with E-state index in [1.807, 2.05) is 18.2 Å². The minimum atomic E-state index is 0.0711. The number of nitrogens with zero attached hydrogens (tertiary/aromatic N) is 1. The molecule has 0 fully saturated rings. The minimum Gasteiger partial charge on any atom is -0.493 e. The normalized spacial score (nSPS) is 16.4. The first-order valence-electron chi connectivity index (χ1n) is 11.0. The van der Waals surface area contributed by atoms with Crippen molar-refractivity contribution in [2.24, 2.45) is 0 Å². The van der Waals surface area contributed by atoms with E-state index in [2.05, 4.69) is 41.4 Å². The van der Waals surface area contributed by atoms with Crippen LogP contribution in [-0.4, -0.2) is 42.2 Å². The SMILES string of the molecule is Cc1ccccc1CN1CC(=O)NCCCCCOc2ccc(CCCO)cc2C1. The number of aliphatic hydroxyl groups excluding tert-OH is 1. The van der Waals surface area contributed by atoms with Crippen molar-refractivity contribution in [1.29, 1.82) is 0 Å². The number of fused-ring (bicyclic) bond motifs is 1. The molecule has 0 aliphatic carbocycles. The van der Waals surface area contributed by atoms with Crippen LogP contribution in [-0.2, 0) is 24.3 Å². The van der Waals surface area contributed by atoms with E-state index < -0.39 is 0 Å².